The second kappa shape index (κ2) is 5.51. The summed E-state index contributed by atoms with van der Waals surface area (Å²) in [5, 5.41) is 4.44. The number of benzene rings is 1. The molecule has 0 amide bonds. The normalized spacial score (nSPS) is 20.0. The Morgan fingerprint density at radius 1 is 1.38 bits per heavy atom. The van der Waals surface area contributed by atoms with Gasteiger partial charge in [0.25, 0.3) is 0 Å². The fourth-order valence-corrected chi connectivity index (χ4v) is 2.19. The van der Waals surface area contributed by atoms with Crippen molar-refractivity contribution in [2.45, 2.75) is 38.8 Å². The van der Waals surface area contributed by atoms with Crippen LogP contribution in [0.4, 0.5) is 0 Å². The third kappa shape index (κ3) is 3.10. The molecule has 1 unspecified atom stereocenters. The van der Waals surface area contributed by atoms with E-state index in [0.717, 1.165) is 23.6 Å². The van der Waals surface area contributed by atoms with E-state index in [0.29, 0.717) is 6.04 Å². The molecule has 0 bridgehead atoms. The minimum atomic E-state index is 0.630. The minimum absolute atomic E-state index is 0.630. The molecule has 86 valence electrons. The second-order valence-electron chi connectivity index (χ2n) is 4.45. The summed E-state index contributed by atoms with van der Waals surface area (Å²) in [5.41, 5.74) is 2.41. The zero-order valence-electron chi connectivity index (χ0n) is 9.67. The molecule has 0 aromatic heterocycles. The lowest BCUT2D eigenvalue weighted by Gasteiger charge is -2.19. The van der Waals surface area contributed by atoms with Crippen molar-refractivity contribution in [3.8, 4) is 0 Å². The highest BCUT2D eigenvalue weighted by Crippen LogP contribution is 2.17. The number of halogens is 1. The van der Waals surface area contributed by atoms with Crippen LogP contribution in [0.2, 0.25) is 5.02 Å². The summed E-state index contributed by atoms with van der Waals surface area (Å²) in [6.07, 6.45) is 8.13. The van der Waals surface area contributed by atoms with Gasteiger partial charge in [-0.3, -0.25) is 0 Å². The largest absolute Gasteiger partial charge is 0.310 e. The Morgan fingerprint density at radius 2 is 2.25 bits per heavy atom. The Kier molecular flexibility index (Phi) is 4.03. The molecular weight excluding hydrogens is 218 g/mol. The van der Waals surface area contributed by atoms with Gasteiger partial charge < -0.3 is 5.32 Å². The number of rotatable bonds is 3. The fourth-order valence-electron chi connectivity index (χ4n) is 1.99. The predicted octanol–water partition coefficient (Wildman–Crippen LogP) is 3.85. The highest BCUT2D eigenvalue weighted by molar-refractivity contribution is 6.31. The molecule has 0 spiro atoms. The summed E-state index contributed by atoms with van der Waals surface area (Å²) in [4.78, 5) is 0. The smallest absolute Gasteiger partial charge is 0.0438 e. The van der Waals surface area contributed by atoms with Crippen LogP contribution >= 0.6 is 11.6 Å². The van der Waals surface area contributed by atoms with Gasteiger partial charge in [-0.05, 0) is 43.4 Å². The molecule has 1 aliphatic rings. The lowest BCUT2D eigenvalue weighted by Crippen LogP contribution is -2.29. The molecule has 0 radical (unpaired) electrons. The number of aryl methyl sites for hydroxylation is 1. The van der Waals surface area contributed by atoms with E-state index < -0.39 is 0 Å². The Morgan fingerprint density at radius 3 is 2.94 bits per heavy atom. The molecule has 1 aromatic rings. The van der Waals surface area contributed by atoms with Gasteiger partial charge in [0.2, 0.25) is 0 Å². The van der Waals surface area contributed by atoms with Crippen molar-refractivity contribution in [1.82, 2.24) is 5.32 Å². The molecule has 1 aromatic carbocycles. The van der Waals surface area contributed by atoms with E-state index in [2.05, 4.69) is 35.7 Å². The SMILES string of the molecule is Cc1ccc(CNC2CC=CCC2)cc1Cl. The summed E-state index contributed by atoms with van der Waals surface area (Å²) >= 11 is 6.10. The van der Waals surface area contributed by atoms with Crippen LogP contribution in [-0.4, -0.2) is 6.04 Å². The Hall–Kier alpha value is -0.790. The third-order valence-corrected chi connectivity index (χ3v) is 3.51. The Labute approximate surface area is 103 Å². The highest BCUT2D eigenvalue weighted by atomic mass is 35.5. The number of hydrogen-bond acceptors (Lipinski definition) is 1. The summed E-state index contributed by atoms with van der Waals surface area (Å²) < 4.78 is 0. The van der Waals surface area contributed by atoms with Gasteiger partial charge in [-0.2, -0.15) is 0 Å². The first-order valence-electron chi connectivity index (χ1n) is 5.89. The lowest BCUT2D eigenvalue weighted by atomic mass is 10.0. The molecule has 1 nitrogen and oxygen atoms in total. The number of nitrogens with one attached hydrogen (secondary N) is 1. The number of allylic oxidation sites excluding steroid dienone is 1. The molecule has 0 saturated carbocycles. The molecule has 0 saturated heterocycles. The van der Waals surface area contributed by atoms with Crippen LogP contribution in [0.3, 0.4) is 0 Å². The first-order chi connectivity index (χ1) is 7.75. The maximum Gasteiger partial charge on any atom is 0.0438 e. The molecule has 0 aliphatic heterocycles. The van der Waals surface area contributed by atoms with Crippen LogP contribution in [0.5, 0.6) is 0 Å². The van der Waals surface area contributed by atoms with Crippen LogP contribution < -0.4 is 5.32 Å². The molecule has 0 fully saturated rings. The maximum absolute atomic E-state index is 6.10. The summed E-state index contributed by atoms with van der Waals surface area (Å²) in [6, 6.07) is 6.92. The van der Waals surface area contributed by atoms with Crippen LogP contribution in [0.1, 0.15) is 30.4 Å². The molecule has 2 heteroatoms. The van der Waals surface area contributed by atoms with Crippen molar-refractivity contribution in [3.05, 3.63) is 46.5 Å². The summed E-state index contributed by atoms with van der Waals surface area (Å²) in [5.74, 6) is 0. The lowest BCUT2D eigenvalue weighted by molar-refractivity contribution is 0.474. The van der Waals surface area contributed by atoms with Gasteiger partial charge in [-0.15, -0.1) is 0 Å². The first kappa shape index (κ1) is 11.7. The summed E-state index contributed by atoms with van der Waals surface area (Å²) in [6.45, 7) is 2.95. The van der Waals surface area contributed by atoms with Crippen molar-refractivity contribution in [2.75, 3.05) is 0 Å². The van der Waals surface area contributed by atoms with Gasteiger partial charge in [0.15, 0.2) is 0 Å². The quantitative estimate of drug-likeness (QED) is 0.785. The fraction of sp³-hybridized carbons (Fsp3) is 0.429. The third-order valence-electron chi connectivity index (χ3n) is 3.10. The van der Waals surface area contributed by atoms with Gasteiger partial charge in [0.1, 0.15) is 0 Å². The van der Waals surface area contributed by atoms with E-state index >= 15 is 0 Å². The average molecular weight is 236 g/mol. The molecule has 1 aliphatic carbocycles. The van der Waals surface area contributed by atoms with E-state index in [4.69, 9.17) is 11.6 Å². The topological polar surface area (TPSA) is 12.0 Å². The van der Waals surface area contributed by atoms with E-state index in [-0.39, 0.29) is 0 Å². The van der Waals surface area contributed by atoms with E-state index in [1.54, 1.807) is 0 Å². The van der Waals surface area contributed by atoms with Gasteiger partial charge >= 0.3 is 0 Å². The van der Waals surface area contributed by atoms with Crippen LogP contribution in [0.15, 0.2) is 30.4 Å². The van der Waals surface area contributed by atoms with Crippen LogP contribution in [0.25, 0.3) is 0 Å². The van der Waals surface area contributed by atoms with E-state index in [9.17, 15) is 0 Å². The van der Waals surface area contributed by atoms with Crippen LogP contribution in [-0.2, 0) is 6.54 Å². The molecule has 1 N–H and O–H groups in total. The molecule has 16 heavy (non-hydrogen) atoms. The van der Waals surface area contributed by atoms with Gasteiger partial charge in [0, 0.05) is 17.6 Å². The van der Waals surface area contributed by atoms with Gasteiger partial charge in [-0.25, -0.2) is 0 Å². The van der Waals surface area contributed by atoms with Crippen molar-refractivity contribution in [1.29, 1.82) is 0 Å². The highest BCUT2D eigenvalue weighted by Gasteiger charge is 2.08. The van der Waals surface area contributed by atoms with Crippen LogP contribution in [0, 0.1) is 6.92 Å². The number of hydrogen-bond donors (Lipinski definition) is 1. The minimum Gasteiger partial charge on any atom is -0.310 e. The Balaban J connectivity index is 1.89. The standard InChI is InChI=1S/C14H18ClN/c1-11-7-8-12(9-14(11)15)10-16-13-5-3-2-4-6-13/h2-3,7-9,13,16H,4-6,10H2,1H3. The van der Waals surface area contributed by atoms with Crippen molar-refractivity contribution in [3.63, 3.8) is 0 Å². The van der Waals surface area contributed by atoms with Crippen molar-refractivity contribution in [2.24, 2.45) is 0 Å². The zero-order chi connectivity index (χ0) is 11.4. The summed E-state index contributed by atoms with van der Waals surface area (Å²) in [7, 11) is 0. The molecular formula is C14H18ClN. The van der Waals surface area contributed by atoms with E-state index in [1.165, 1.54) is 18.4 Å². The maximum atomic E-state index is 6.10. The molecule has 2 rings (SSSR count). The van der Waals surface area contributed by atoms with Crippen molar-refractivity contribution >= 4 is 11.6 Å². The Bertz CT molecular complexity index is 384. The molecule has 1 atom stereocenters. The second-order valence-corrected chi connectivity index (χ2v) is 4.85. The first-order valence-corrected chi connectivity index (χ1v) is 6.27. The zero-order valence-corrected chi connectivity index (χ0v) is 10.4. The molecule has 0 heterocycles. The average Bonchev–Trinajstić information content (AvgIpc) is 2.32. The predicted molar refractivity (Wildman–Crippen MR) is 69.8 cm³/mol. The van der Waals surface area contributed by atoms with E-state index in [1.807, 2.05) is 6.92 Å². The monoisotopic (exact) mass is 235 g/mol. The van der Waals surface area contributed by atoms with Gasteiger partial charge in [0.05, 0.1) is 0 Å². The van der Waals surface area contributed by atoms with Gasteiger partial charge in [-0.1, -0.05) is 35.9 Å². The van der Waals surface area contributed by atoms with Crippen molar-refractivity contribution < 1.29 is 0 Å².